The number of nitrogens with one attached hydrogen (secondary N) is 2. The van der Waals surface area contributed by atoms with Crippen LogP contribution in [0.2, 0.25) is 0 Å². The Morgan fingerprint density at radius 1 is 1.16 bits per heavy atom. The van der Waals surface area contributed by atoms with Crippen molar-refractivity contribution in [2.45, 2.75) is 51.2 Å². The van der Waals surface area contributed by atoms with Gasteiger partial charge in [0, 0.05) is 37.5 Å². The minimum Gasteiger partial charge on any atom is -0.357 e. The largest absolute Gasteiger partial charge is 0.357 e. The molecule has 1 aliphatic rings. The van der Waals surface area contributed by atoms with E-state index in [-0.39, 0.29) is 29.9 Å². The number of carbonyl (C=O) groups is 1. The van der Waals surface area contributed by atoms with Gasteiger partial charge in [0.2, 0.25) is 5.91 Å². The van der Waals surface area contributed by atoms with Crippen LogP contribution in [0.15, 0.2) is 52.4 Å². The fraction of sp³-hybridized carbons (Fsp3) is 0.417. The normalized spacial score (nSPS) is 13.8. The van der Waals surface area contributed by atoms with Crippen LogP contribution >= 0.6 is 35.7 Å². The summed E-state index contributed by atoms with van der Waals surface area (Å²) in [4.78, 5) is 19.9. The van der Waals surface area contributed by atoms with Crippen LogP contribution in [0.25, 0.3) is 0 Å². The van der Waals surface area contributed by atoms with Crippen molar-refractivity contribution < 1.29 is 4.79 Å². The van der Waals surface area contributed by atoms with E-state index < -0.39 is 0 Å². The Kier molecular flexibility index (Phi) is 10.7. The van der Waals surface area contributed by atoms with Gasteiger partial charge in [-0.05, 0) is 54.8 Å². The molecule has 3 rings (SSSR count). The molecule has 0 aliphatic carbocycles. The number of thioether (sulfide) groups is 1. The molecule has 0 aromatic heterocycles. The van der Waals surface area contributed by atoms with Crippen LogP contribution in [-0.2, 0) is 24.4 Å². The van der Waals surface area contributed by atoms with E-state index in [1.54, 1.807) is 11.8 Å². The quantitative estimate of drug-likeness (QED) is 0.216. The minimum absolute atomic E-state index is 0. The molecule has 0 saturated carbocycles. The fourth-order valence-electron chi connectivity index (χ4n) is 3.61. The molecule has 1 saturated heterocycles. The Hall–Kier alpha value is -1.74. The lowest BCUT2D eigenvalue weighted by atomic mass is 10.1. The Morgan fingerprint density at radius 3 is 2.68 bits per heavy atom. The highest BCUT2D eigenvalue weighted by atomic mass is 127. The van der Waals surface area contributed by atoms with Gasteiger partial charge < -0.3 is 15.5 Å². The summed E-state index contributed by atoms with van der Waals surface area (Å²) in [5, 5.41) is 6.78. The number of halogens is 1. The summed E-state index contributed by atoms with van der Waals surface area (Å²) in [6, 6.07) is 14.9. The first-order valence-electron chi connectivity index (χ1n) is 10.6. The van der Waals surface area contributed by atoms with Crippen molar-refractivity contribution in [1.82, 2.24) is 15.5 Å². The molecule has 2 aromatic carbocycles. The average molecular weight is 553 g/mol. The molecular formula is C24H33IN4OS. The van der Waals surface area contributed by atoms with Gasteiger partial charge in [0.1, 0.15) is 0 Å². The van der Waals surface area contributed by atoms with E-state index >= 15 is 0 Å². The van der Waals surface area contributed by atoms with Crippen molar-refractivity contribution >= 4 is 47.6 Å². The fourth-order valence-corrected chi connectivity index (χ4v) is 4.31. The zero-order valence-electron chi connectivity index (χ0n) is 18.6. The van der Waals surface area contributed by atoms with E-state index in [1.165, 1.54) is 21.6 Å². The molecule has 0 bridgehead atoms. The summed E-state index contributed by atoms with van der Waals surface area (Å²) in [5.74, 6) is 1.07. The Labute approximate surface area is 207 Å². The molecule has 7 heteroatoms. The molecule has 0 spiro atoms. The Bertz CT molecular complexity index is 903. The number of amides is 1. The second-order valence-electron chi connectivity index (χ2n) is 7.60. The predicted molar refractivity (Wildman–Crippen MR) is 141 cm³/mol. The lowest BCUT2D eigenvalue weighted by Gasteiger charge is -2.16. The van der Waals surface area contributed by atoms with Gasteiger partial charge in [-0.2, -0.15) is 0 Å². The van der Waals surface area contributed by atoms with E-state index in [9.17, 15) is 4.79 Å². The van der Waals surface area contributed by atoms with Crippen LogP contribution in [0.5, 0.6) is 0 Å². The number of nitrogens with zero attached hydrogens (tertiary/aromatic N) is 2. The summed E-state index contributed by atoms with van der Waals surface area (Å²) in [6.45, 7) is 7.90. The number of guanidine groups is 1. The first-order chi connectivity index (χ1) is 14.6. The van der Waals surface area contributed by atoms with Crippen LogP contribution in [0.3, 0.4) is 0 Å². The average Bonchev–Trinajstić information content (AvgIpc) is 3.15. The molecule has 2 aromatic rings. The number of hydrogen-bond acceptors (Lipinski definition) is 3. The van der Waals surface area contributed by atoms with Gasteiger partial charge in [-0.15, -0.1) is 35.7 Å². The second-order valence-corrected chi connectivity index (χ2v) is 8.45. The van der Waals surface area contributed by atoms with Crippen LogP contribution < -0.4 is 10.6 Å². The lowest BCUT2D eigenvalue weighted by Crippen LogP contribution is -2.36. The third-order valence-electron chi connectivity index (χ3n) is 5.19. The molecule has 1 aliphatic heterocycles. The van der Waals surface area contributed by atoms with E-state index in [0.717, 1.165) is 37.6 Å². The Morgan fingerprint density at radius 2 is 1.97 bits per heavy atom. The predicted octanol–water partition coefficient (Wildman–Crippen LogP) is 4.71. The van der Waals surface area contributed by atoms with Crippen LogP contribution in [0, 0.1) is 6.92 Å². The molecule has 0 radical (unpaired) electrons. The van der Waals surface area contributed by atoms with Crippen molar-refractivity contribution in [2.75, 3.05) is 19.3 Å². The van der Waals surface area contributed by atoms with Gasteiger partial charge >= 0.3 is 0 Å². The summed E-state index contributed by atoms with van der Waals surface area (Å²) >= 11 is 1.77. The van der Waals surface area contributed by atoms with Gasteiger partial charge in [0.25, 0.3) is 0 Å². The Balaban J connectivity index is 0.00000341. The molecule has 0 atom stereocenters. The second kappa shape index (κ2) is 13.0. The zero-order chi connectivity index (χ0) is 21.3. The summed E-state index contributed by atoms with van der Waals surface area (Å²) in [6.07, 6.45) is 3.76. The maximum Gasteiger partial charge on any atom is 0.222 e. The number of aliphatic imine (C=N–C) groups is 1. The monoisotopic (exact) mass is 552 g/mol. The zero-order valence-corrected chi connectivity index (χ0v) is 21.8. The molecule has 5 nitrogen and oxygen atoms in total. The molecule has 1 fully saturated rings. The SMILES string of the molecule is CCNC(=NCc1cccc(CN2CCCC2=O)c1)NCc1ccc(C)cc1SC.I. The number of aryl methyl sites for hydroxylation is 1. The number of rotatable bonds is 8. The topological polar surface area (TPSA) is 56.7 Å². The lowest BCUT2D eigenvalue weighted by molar-refractivity contribution is -0.128. The maximum absolute atomic E-state index is 11.9. The van der Waals surface area contributed by atoms with Crippen molar-refractivity contribution in [3.63, 3.8) is 0 Å². The summed E-state index contributed by atoms with van der Waals surface area (Å²) in [7, 11) is 0. The van der Waals surface area contributed by atoms with Gasteiger partial charge in [-0.25, -0.2) is 4.99 Å². The van der Waals surface area contributed by atoms with Gasteiger partial charge in [0.05, 0.1) is 6.54 Å². The van der Waals surface area contributed by atoms with Crippen molar-refractivity contribution in [3.05, 3.63) is 64.7 Å². The van der Waals surface area contributed by atoms with Crippen molar-refractivity contribution in [2.24, 2.45) is 4.99 Å². The summed E-state index contributed by atoms with van der Waals surface area (Å²) in [5.41, 5.74) is 4.87. The molecule has 168 valence electrons. The third-order valence-corrected chi connectivity index (χ3v) is 6.01. The molecule has 1 amide bonds. The smallest absolute Gasteiger partial charge is 0.222 e. The summed E-state index contributed by atoms with van der Waals surface area (Å²) < 4.78 is 0. The van der Waals surface area contributed by atoms with Crippen molar-refractivity contribution in [3.8, 4) is 0 Å². The molecular weight excluding hydrogens is 519 g/mol. The van der Waals surface area contributed by atoms with E-state index in [2.05, 4.69) is 73.2 Å². The van der Waals surface area contributed by atoms with Gasteiger partial charge in [-0.3, -0.25) is 4.79 Å². The highest BCUT2D eigenvalue weighted by Crippen LogP contribution is 2.21. The number of benzene rings is 2. The number of likely N-dealkylation sites (tertiary alicyclic amines) is 1. The van der Waals surface area contributed by atoms with E-state index in [4.69, 9.17) is 4.99 Å². The highest BCUT2D eigenvalue weighted by molar-refractivity contribution is 14.0. The molecule has 0 unspecified atom stereocenters. The highest BCUT2D eigenvalue weighted by Gasteiger charge is 2.19. The van der Waals surface area contributed by atoms with Crippen molar-refractivity contribution in [1.29, 1.82) is 0 Å². The first kappa shape index (κ1) is 25.5. The van der Waals surface area contributed by atoms with Gasteiger partial charge in [0.15, 0.2) is 5.96 Å². The number of hydrogen-bond donors (Lipinski definition) is 2. The number of carbonyl (C=O) groups excluding carboxylic acids is 1. The molecule has 2 N–H and O–H groups in total. The van der Waals surface area contributed by atoms with Gasteiger partial charge in [-0.1, -0.05) is 36.4 Å². The van der Waals surface area contributed by atoms with Crippen LogP contribution in [-0.4, -0.2) is 36.1 Å². The maximum atomic E-state index is 11.9. The molecule has 1 heterocycles. The van der Waals surface area contributed by atoms with Crippen LogP contribution in [0.1, 0.15) is 42.0 Å². The molecule has 31 heavy (non-hydrogen) atoms. The standard InChI is InChI=1S/C24H32N4OS.HI/c1-4-25-24(27-16-21-11-10-18(2)13-22(21)30-3)26-15-19-7-5-8-20(14-19)17-28-12-6-9-23(28)29;/h5,7-8,10-11,13-14H,4,6,9,12,15-17H2,1-3H3,(H2,25,26,27);1H. The van der Waals surface area contributed by atoms with E-state index in [0.29, 0.717) is 19.5 Å². The minimum atomic E-state index is 0. The van der Waals surface area contributed by atoms with E-state index in [1.807, 2.05) is 4.90 Å². The first-order valence-corrected chi connectivity index (χ1v) is 11.8. The third kappa shape index (κ3) is 7.71. The van der Waals surface area contributed by atoms with Crippen LogP contribution in [0.4, 0.5) is 0 Å².